The van der Waals surface area contributed by atoms with E-state index in [1.807, 2.05) is 55.5 Å². The maximum atomic E-state index is 13.5. The van der Waals surface area contributed by atoms with Gasteiger partial charge in [0.25, 0.3) is 11.7 Å². The maximum Gasteiger partial charge on any atom is 0.300 e. The quantitative estimate of drug-likeness (QED) is 0.189. The van der Waals surface area contributed by atoms with Crippen LogP contribution in [0.5, 0.6) is 5.75 Å². The highest BCUT2D eigenvalue weighted by atomic mass is 16.5. The summed E-state index contributed by atoms with van der Waals surface area (Å²) in [7, 11) is 0. The number of nitrogens with one attached hydrogen (secondary N) is 1. The minimum atomic E-state index is -0.791. The smallest absolute Gasteiger partial charge is 0.300 e. The lowest BCUT2D eigenvalue weighted by Crippen LogP contribution is -2.29. The van der Waals surface area contributed by atoms with Crippen molar-refractivity contribution in [3.05, 3.63) is 101 Å². The number of carbonyl (C=O) groups is 2. The lowest BCUT2D eigenvalue weighted by atomic mass is 9.85. The van der Waals surface area contributed by atoms with Crippen molar-refractivity contribution < 1.29 is 19.4 Å². The SMILES string of the molecule is CCOc1ccc(N2C(=O)C(=O)/C(=C(\O)c3c[nH]c4ccccc34)C2c2ccc(C(C)(C)C)cc2)cc1. The summed E-state index contributed by atoms with van der Waals surface area (Å²) in [5, 5.41) is 12.3. The fourth-order valence-electron chi connectivity index (χ4n) is 4.86. The Bertz CT molecular complexity index is 1510. The molecule has 6 nitrogen and oxygen atoms in total. The van der Waals surface area contributed by atoms with Crippen molar-refractivity contribution in [3.8, 4) is 5.75 Å². The number of Topliss-reactive ketones (excluding diaryl/α,β-unsaturated/α-hetero) is 1. The van der Waals surface area contributed by atoms with Gasteiger partial charge < -0.3 is 14.8 Å². The van der Waals surface area contributed by atoms with Crippen molar-refractivity contribution in [2.45, 2.75) is 39.2 Å². The summed E-state index contributed by atoms with van der Waals surface area (Å²) in [5.74, 6) is -0.932. The molecule has 1 aromatic heterocycles. The number of hydrogen-bond donors (Lipinski definition) is 2. The van der Waals surface area contributed by atoms with Gasteiger partial charge >= 0.3 is 0 Å². The van der Waals surface area contributed by atoms with E-state index in [2.05, 4.69) is 25.8 Å². The van der Waals surface area contributed by atoms with E-state index >= 15 is 0 Å². The molecule has 188 valence electrons. The van der Waals surface area contributed by atoms with Gasteiger partial charge in [0.15, 0.2) is 0 Å². The van der Waals surface area contributed by atoms with Crippen LogP contribution in [0.1, 0.15) is 50.4 Å². The molecule has 5 rings (SSSR count). The Hall–Kier alpha value is -4.32. The fourth-order valence-corrected chi connectivity index (χ4v) is 4.86. The summed E-state index contributed by atoms with van der Waals surface area (Å²) in [6.07, 6.45) is 1.67. The normalized spacial score (nSPS) is 17.5. The maximum absolute atomic E-state index is 13.5. The molecule has 1 fully saturated rings. The van der Waals surface area contributed by atoms with E-state index in [-0.39, 0.29) is 16.7 Å². The number of aromatic amines is 1. The van der Waals surface area contributed by atoms with Gasteiger partial charge in [0, 0.05) is 28.4 Å². The molecule has 0 saturated carbocycles. The summed E-state index contributed by atoms with van der Waals surface area (Å²) in [6.45, 7) is 8.81. The van der Waals surface area contributed by atoms with Crippen molar-refractivity contribution in [2.75, 3.05) is 11.5 Å². The molecular weight excluding hydrogens is 464 g/mol. The van der Waals surface area contributed by atoms with Crippen LogP contribution in [0.2, 0.25) is 0 Å². The van der Waals surface area contributed by atoms with Crippen molar-refractivity contribution >= 4 is 34.0 Å². The van der Waals surface area contributed by atoms with Crippen LogP contribution in [-0.4, -0.2) is 28.4 Å². The standard InChI is InChI=1S/C31H30N2O4/c1-5-37-22-16-14-21(15-17-22)33-27(19-10-12-20(13-11-19)31(2,3)4)26(29(35)30(33)36)28(34)24-18-32-25-9-7-6-8-23(24)25/h6-18,27,32,34H,5H2,1-4H3/b28-26-. The fraction of sp³-hybridized carbons (Fsp3) is 0.226. The van der Waals surface area contributed by atoms with E-state index in [0.29, 0.717) is 23.6 Å². The number of benzene rings is 3. The van der Waals surface area contributed by atoms with Crippen LogP contribution < -0.4 is 9.64 Å². The van der Waals surface area contributed by atoms with Gasteiger partial charge in [0.05, 0.1) is 18.2 Å². The highest BCUT2D eigenvalue weighted by molar-refractivity contribution is 6.51. The topological polar surface area (TPSA) is 82.6 Å². The largest absolute Gasteiger partial charge is 0.507 e. The highest BCUT2D eigenvalue weighted by Crippen LogP contribution is 2.43. The monoisotopic (exact) mass is 494 g/mol. The van der Waals surface area contributed by atoms with Gasteiger partial charge in [0.1, 0.15) is 11.5 Å². The summed E-state index contributed by atoms with van der Waals surface area (Å²) in [4.78, 5) is 31.6. The molecule has 1 amide bonds. The molecule has 2 heterocycles. The van der Waals surface area contributed by atoms with Crippen LogP contribution >= 0.6 is 0 Å². The number of H-pyrrole nitrogens is 1. The van der Waals surface area contributed by atoms with Gasteiger partial charge in [-0.2, -0.15) is 0 Å². The van der Waals surface area contributed by atoms with E-state index in [0.717, 1.165) is 22.0 Å². The molecular formula is C31H30N2O4. The van der Waals surface area contributed by atoms with E-state index in [9.17, 15) is 14.7 Å². The third-order valence-electron chi connectivity index (χ3n) is 6.81. The molecule has 1 aliphatic rings. The summed E-state index contributed by atoms with van der Waals surface area (Å²) >= 11 is 0. The molecule has 0 bridgehead atoms. The molecule has 2 N–H and O–H groups in total. The molecule has 1 aliphatic heterocycles. The number of aromatic nitrogens is 1. The third kappa shape index (κ3) is 4.29. The van der Waals surface area contributed by atoms with Gasteiger partial charge in [-0.05, 0) is 53.8 Å². The lowest BCUT2D eigenvalue weighted by Gasteiger charge is -2.26. The molecule has 3 aromatic carbocycles. The van der Waals surface area contributed by atoms with Crippen LogP contribution in [0.4, 0.5) is 5.69 Å². The lowest BCUT2D eigenvalue weighted by molar-refractivity contribution is -0.132. The number of nitrogens with zero attached hydrogens (tertiary/aromatic N) is 1. The van der Waals surface area contributed by atoms with E-state index in [1.165, 1.54) is 4.90 Å². The van der Waals surface area contributed by atoms with Gasteiger partial charge in [-0.1, -0.05) is 63.2 Å². The van der Waals surface area contributed by atoms with E-state index < -0.39 is 17.7 Å². The molecule has 1 saturated heterocycles. The number of para-hydroxylation sites is 1. The molecule has 0 radical (unpaired) electrons. The number of ketones is 1. The predicted octanol–water partition coefficient (Wildman–Crippen LogP) is 6.49. The summed E-state index contributed by atoms with van der Waals surface area (Å²) in [6, 6.07) is 21.7. The summed E-state index contributed by atoms with van der Waals surface area (Å²) < 4.78 is 5.55. The minimum Gasteiger partial charge on any atom is -0.507 e. The Kier molecular flexibility index (Phi) is 6.12. The first-order valence-corrected chi connectivity index (χ1v) is 12.4. The molecule has 4 aromatic rings. The number of fused-ring (bicyclic) bond motifs is 1. The Morgan fingerprint density at radius 3 is 2.30 bits per heavy atom. The second-order valence-corrected chi connectivity index (χ2v) is 10.2. The van der Waals surface area contributed by atoms with Crippen molar-refractivity contribution in [1.29, 1.82) is 0 Å². The number of carbonyl (C=O) groups excluding carboxylic acids is 2. The Morgan fingerprint density at radius 1 is 0.973 bits per heavy atom. The van der Waals surface area contributed by atoms with E-state index in [4.69, 9.17) is 4.74 Å². The second-order valence-electron chi connectivity index (χ2n) is 10.2. The average Bonchev–Trinajstić information content (AvgIpc) is 3.43. The van der Waals surface area contributed by atoms with Gasteiger partial charge in [-0.25, -0.2) is 0 Å². The number of amides is 1. The Balaban J connectivity index is 1.69. The molecule has 37 heavy (non-hydrogen) atoms. The number of rotatable bonds is 5. The van der Waals surface area contributed by atoms with Gasteiger partial charge in [-0.15, -0.1) is 0 Å². The number of aliphatic hydroxyl groups excluding tert-OH is 1. The van der Waals surface area contributed by atoms with Crippen LogP contribution in [0.25, 0.3) is 16.7 Å². The zero-order valence-corrected chi connectivity index (χ0v) is 21.4. The van der Waals surface area contributed by atoms with Gasteiger partial charge in [-0.3, -0.25) is 14.5 Å². The Labute approximate surface area is 216 Å². The summed E-state index contributed by atoms with van der Waals surface area (Å²) in [5.41, 5.74) is 3.74. The number of anilines is 1. The number of ether oxygens (including phenoxy) is 1. The second kappa shape index (κ2) is 9.28. The highest BCUT2D eigenvalue weighted by Gasteiger charge is 2.47. The molecule has 1 unspecified atom stereocenters. The number of aliphatic hydroxyl groups is 1. The first-order valence-electron chi connectivity index (χ1n) is 12.4. The van der Waals surface area contributed by atoms with Crippen LogP contribution in [0.3, 0.4) is 0 Å². The molecule has 1 atom stereocenters. The average molecular weight is 495 g/mol. The minimum absolute atomic E-state index is 0.0561. The third-order valence-corrected chi connectivity index (χ3v) is 6.81. The Morgan fingerprint density at radius 2 is 1.65 bits per heavy atom. The first-order chi connectivity index (χ1) is 17.7. The van der Waals surface area contributed by atoms with Crippen LogP contribution in [-0.2, 0) is 15.0 Å². The zero-order chi connectivity index (χ0) is 26.3. The van der Waals surface area contributed by atoms with Crippen LogP contribution in [0.15, 0.2) is 84.6 Å². The van der Waals surface area contributed by atoms with Crippen LogP contribution in [0, 0.1) is 0 Å². The van der Waals surface area contributed by atoms with E-state index in [1.54, 1.807) is 30.5 Å². The molecule has 0 aliphatic carbocycles. The molecule has 6 heteroatoms. The number of hydrogen-bond acceptors (Lipinski definition) is 4. The molecule has 0 spiro atoms. The van der Waals surface area contributed by atoms with Crippen molar-refractivity contribution in [1.82, 2.24) is 4.98 Å². The predicted molar refractivity (Wildman–Crippen MR) is 146 cm³/mol. The zero-order valence-electron chi connectivity index (χ0n) is 21.4. The van der Waals surface area contributed by atoms with Crippen molar-refractivity contribution in [2.24, 2.45) is 0 Å². The van der Waals surface area contributed by atoms with Gasteiger partial charge in [0.2, 0.25) is 0 Å². The first kappa shape index (κ1) is 24.4. The van der Waals surface area contributed by atoms with Crippen molar-refractivity contribution in [3.63, 3.8) is 0 Å².